The Bertz CT molecular complexity index is 1160. The lowest BCUT2D eigenvalue weighted by Gasteiger charge is -2.31. The van der Waals surface area contributed by atoms with Crippen LogP contribution >= 0.6 is 0 Å². The van der Waals surface area contributed by atoms with Crippen LogP contribution in [0.1, 0.15) is 53.2 Å². The summed E-state index contributed by atoms with van der Waals surface area (Å²) in [5.41, 5.74) is 1.13. The van der Waals surface area contributed by atoms with Gasteiger partial charge in [-0.25, -0.2) is 0 Å². The molecule has 0 fully saturated rings. The van der Waals surface area contributed by atoms with Crippen molar-refractivity contribution in [2.45, 2.75) is 31.7 Å². The van der Waals surface area contributed by atoms with Crippen LogP contribution in [0.2, 0.25) is 0 Å². The Morgan fingerprint density at radius 3 is 2.30 bits per heavy atom. The minimum absolute atomic E-state index is 0.101. The molecule has 0 saturated heterocycles. The van der Waals surface area contributed by atoms with Crippen molar-refractivity contribution in [2.75, 3.05) is 0 Å². The first-order valence-electron chi connectivity index (χ1n) is 9.61. The number of fused-ring (bicyclic) bond motifs is 3. The Labute approximate surface area is 171 Å². The highest BCUT2D eigenvalue weighted by Gasteiger charge is 2.29. The van der Waals surface area contributed by atoms with Crippen molar-refractivity contribution in [3.63, 3.8) is 0 Å². The van der Waals surface area contributed by atoms with Crippen LogP contribution in [0.4, 0.5) is 11.4 Å². The van der Waals surface area contributed by atoms with Crippen LogP contribution in [0.15, 0.2) is 54.6 Å². The molecule has 1 N–H and O–H groups in total. The van der Waals surface area contributed by atoms with Crippen LogP contribution in [0.25, 0.3) is 10.8 Å². The molecule has 0 bridgehead atoms. The maximum absolute atomic E-state index is 12.9. The first kappa shape index (κ1) is 19.5. The Morgan fingerprint density at radius 1 is 0.967 bits per heavy atom. The Kier molecular flexibility index (Phi) is 4.91. The van der Waals surface area contributed by atoms with E-state index in [1.54, 1.807) is 0 Å². The average Bonchev–Trinajstić information content (AvgIpc) is 2.74. The Morgan fingerprint density at radius 2 is 1.63 bits per heavy atom. The van der Waals surface area contributed by atoms with Crippen molar-refractivity contribution in [1.82, 2.24) is 5.32 Å². The lowest BCUT2D eigenvalue weighted by Crippen LogP contribution is -2.32. The number of nitrogens with one attached hydrogen (secondary N) is 1. The van der Waals surface area contributed by atoms with Gasteiger partial charge in [-0.05, 0) is 40.7 Å². The molecule has 8 heteroatoms. The molecule has 0 heterocycles. The molecule has 1 aliphatic rings. The van der Waals surface area contributed by atoms with Gasteiger partial charge < -0.3 is 5.32 Å². The predicted molar refractivity (Wildman–Crippen MR) is 112 cm³/mol. The molecule has 152 valence electrons. The van der Waals surface area contributed by atoms with E-state index in [9.17, 15) is 25.0 Å². The van der Waals surface area contributed by atoms with E-state index < -0.39 is 27.1 Å². The third kappa shape index (κ3) is 3.47. The van der Waals surface area contributed by atoms with Crippen molar-refractivity contribution < 1.29 is 14.6 Å². The van der Waals surface area contributed by atoms with Crippen molar-refractivity contribution in [2.24, 2.45) is 0 Å². The van der Waals surface area contributed by atoms with Gasteiger partial charge in [0.2, 0.25) is 0 Å². The average molecular weight is 405 g/mol. The van der Waals surface area contributed by atoms with Gasteiger partial charge in [-0.1, -0.05) is 43.3 Å². The molecule has 0 radical (unpaired) electrons. The van der Waals surface area contributed by atoms with Crippen LogP contribution < -0.4 is 5.32 Å². The fraction of sp³-hybridized carbons (Fsp3) is 0.227. The fourth-order valence-electron chi connectivity index (χ4n) is 4.17. The van der Waals surface area contributed by atoms with E-state index in [4.69, 9.17) is 0 Å². The number of carbonyl (C=O) groups excluding carboxylic acids is 1. The minimum Gasteiger partial charge on any atom is -0.345 e. The van der Waals surface area contributed by atoms with E-state index >= 15 is 0 Å². The highest BCUT2D eigenvalue weighted by atomic mass is 16.6. The predicted octanol–water partition coefficient (Wildman–Crippen LogP) is 5.02. The lowest BCUT2D eigenvalue weighted by molar-refractivity contribution is -0.394. The number of nitrogens with zero attached hydrogens (tertiary/aromatic N) is 2. The molecular formula is C22H19N3O5. The SMILES string of the molecule is C[C@H]1CC[C@@H](NC(=O)c2cc([N+](=O)[O-])cc([N+](=O)[O-])c2)c2c1ccc1ccccc21. The second-order valence-corrected chi connectivity index (χ2v) is 7.55. The minimum atomic E-state index is -0.741. The van der Waals surface area contributed by atoms with E-state index in [0.717, 1.165) is 46.5 Å². The van der Waals surface area contributed by atoms with Crippen LogP contribution in [-0.4, -0.2) is 15.8 Å². The molecule has 0 saturated carbocycles. The summed E-state index contributed by atoms with van der Waals surface area (Å²) in [6, 6.07) is 14.8. The molecule has 3 aromatic rings. The third-order valence-corrected chi connectivity index (χ3v) is 5.66. The zero-order valence-electron chi connectivity index (χ0n) is 16.2. The molecule has 3 aromatic carbocycles. The summed E-state index contributed by atoms with van der Waals surface area (Å²) in [4.78, 5) is 33.7. The summed E-state index contributed by atoms with van der Waals surface area (Å²) in [5.74, 6) is -0.225. The van der Waals surface area contributed by atoms with Gasteiger partial charge in [-0.2, -0.15) is 0 Å². The lowest BCUT2D eigenvalue weighted by atomic mass is 9.78. The highest BCUT2D eigenvalue weighted by molar-refractivity contribution is 5.96. The topological polar surface area (TPSA) is 115 Å². The molecular weight excluding hydrogens is 386 g/mol. The molecule has 2 atom stereocenters. The van der Waals surface area contributed by atoms with E-state index in [-0.39, 0.29) is 11.6 Å². The van der Waals surface area contributed by atoms with Crippen LogP contribution in [0, 0.1) is 20.2 Å². The second-order valence-electron chi connectivity index (χ2n) is 7.55. The smallest absolute Gasteiger partial charge is 0.277 e. The van der Waals surface area contributed by atoms with E-state index in [2.05, 4.69) is 24.4 Å². The van der Waals surface area contributed by atoms with Crippen molar-refractivity contribution in [1.29, 1.82) is 0 Å². The summed E-state index contributed by atoms with van der Waals surface area (Å²) in [6.45, 7) is 2.15. The number of non-ortho nitro benzene ring substituents is 2. The van der Waals surface area contributed by atoms with Gasteiger partial charge in [0.05, 0.1) is 27.5 Å². The Hall–Kier alpha value is -3.81. The first-order chi connectivity index (χ1) is 14.3. The standard InChI is InChI=1S/C22H19N3O5/c1-13-6-9-20(21-18(13)8-7-14-4-2-3-5-19(14)21)23-22(26)15-10-16(24(27)28)12-17(11-15)25(29)30/h2-5,7-8,10-13,20H,6,9H2,1H3,(H,23,26)/t13-,20+/m0/s1. The molecule has 1 aliphatic carbocycles. The molecule has 0 unspecified atom stereocenters. The van der Waals surface area contributed by atoms with Gasteiger partial charge in [0.1, 0.15) is 0 Å². The van der Waals surface area contributed by atoms with Crippen molar-refractivity contribution in [3.8, 4) is 0 Å². The van der Waals surface area contributed by atoms with Gasteiger partial charge in [0.15, 0.2) is 0 Å². The second kappa shape index (κ2) is 7.55. The molecule has 8 nitrogen and oxygen atoms in total. The van der Waals surface area contributed by atoms with Gasteiger partial charge in [0, 0.05) is 12.1 Å². The van der Waals surface area contributed by atoms with Crippen molar-refractivity contribution in [3.05, 3.63) is 91.5 Å². The number of carbonyl (C=O) groups is 1. The summed E-state index contributed by atoms with van der Waals surface area (Å²) in [5, 5.41) is 27.3. The van der Waals surface area contributed by atoms with E-state index in [0.29, 0.717) is 12.3 Å². The highest BCUT2D eigenvalue weighted by Crippen LogP contribution is 2.41. The van der Waals surface area contributed by atoms with Crippen LogP contribution in [0.3, 0.4) is 0 Å². The summed E-state index contributed by atoms with van der Waals surface area (Å²) >= 11 is 0. The number of amides is 1. The van der Waals surface area contributed by atoms with Gasteiger partial charge in [-0.15, -0.1) is 0 Å². The third-order valence-electron chi connectivity index (χ3n) is 5.66. The number of nitro benzene ring substituents is 2. The fourth-order valence-corrected chi connectivity index (χ4v) is 4.17. The largest absolute Gasteiger partial charge is 0.345 e. The number of benzene rings is 3. The molecule has 0 spiro atoms. The summed E-state index contributed by atoms with van der Waals surface area (Å²) < 4.78 is 0. The van der Waals surface area contributed by atoms with E-state index in [1.807, 2.05) is 24.3 Å². The molecule has 0 aromatic heterocycles. The molecule has 30 heavy (non-hydrogen) atoms. The van der Waals surface area contributed by atoms with Crippen LogP contribution in [-0.2, 0) is 0 Å². The summed E-state index contributed by atoms with van der Waals surface area (Å²) in [7, 11) is 0. The Balaban J connectivity index is 1.74. The summed E-state index contributed by atoms with van der Waals surface area (Å²) in [6.07, 6.45) is 1.59. The molecule has 1 amide bonds. The maximum Gasteiger partial charge on any atom is 0.277 e. The van der Waals surface area contributed by atoms with Gasteiger partial charge >= 0.3 is 0 Å². The number of hydrogen-bond donors (Lipinski definition) is 1. The zero-order chi connectivity index (χ0) is 21.4. The normalized spacial score (nSPS) is 17.9. The maximum atomic E-state index is 12.9. The first-order valence-corrected chi connectivity index (χ1v) is 9.61. The van der Waals surface area contributed by atoms with Crippen molar-refractivity contribution >= 4 is 28.1 Å². The number of hydrogen-bond acceptors (Lipinski definition) is 5. The molecule has 0 aliphatic heterocycles. The zero-order valence-corrected chi connectivity index (χ0v) is 16.2. The van der Waals surface area contributed by atoms with Gasteiger partial charge in [0.25, 0.3) is 17.3 Å². The van der Waals surface area contributed by atoms with E-state index in [1.165, 1.54) is 0 Å². The monoisotopic (exact) mass is 405 g/mol. The number of nitro groups is 2. The molecule has 4 rings (SSSR count). The quantitative estimate of drug-likeness (QED) is 0.483. The number of rotatable bonds is 4. The van der Waals surface area contributed by atoms with Gasteiger partial charge in [-0.3, -0.25) is 25.0 Å². The van der Waals surface area contributed by atoms with Crippen LogP contribution in [0.5, 0.6) is 0 Å².